The van der Waals surface area contributed by atoms with Gasteiger partial charge >= 0.3 is 0 Å². The van der Waals surface area contributed by atoms with Crippen molar-refractivity contribution in [2.75, 3.05) is 31.4 Å². The van der Waals surface area contributed by atoms with E-state index in [1.54, 1.807) is 0 Å². The van der Waals surface area contributed by atoms with E-state index in [-0.39, 0.29) is 0 Å². The molecule has 0 saturated heterocycles. The lowest BCUT2D eigenvalue weighted by Gasteiger charge is -2.17. The predicted molar refractivity (Wildman–Crippen MR) is 75.5 cm³/mol. The van der Waals surface area contributed by atoms with Crippen molar-refractivity contribution in [3.05, 3.63) is 11.9 Å². The monoisotopic (exact) mass is 252 g/mol. The molecule has 0 fully saturated rings. The van der Waals surface area contributed by atoms with Crippen molar-refractivity contribution in [2.45, 2.75) is 32.7 Å². The number of hydrogen-bond acceptors (Lipinski definition) is 6. The SMILES string of the molecule is CCc1nc(NN)cc(NC(C)CCN(C)C)n1. The normalized spacial score (nSPS) is 12.6. The molecule has 1 unspecified atom stereocenters. The lowest BCUT2D eigenvalue weighted by Crippen LogP contribution is -2.24. The average Bonchev–Trinajstić information content (AvgIpc) is 2.35. The molecule has 0 amide bonds. The molecule has 0 aromatic carbocycles. The Morgan fingerprint density at radius 3 is 2.56 bits per heavy atom. The fraction of sp³-hybridized carbons (Fsp3) is 0.667. The molecule has 1 heterocycles. The second-order valence-electron chi connectivity index (χ2n) is 4.69. The molecule has 0 spiro atoms. The van der Waals surface area contributed by atoms with E-state index in [2.05, 4.69) is 46.6 Å². The molecule has 6 heteroatoms. The first-order chi connectivity index (χ1) is 8.55. The summed E-state index contributed by atoms with van der Waals surface area (Å²) in [5.41, 5.74) is 2.57. The van der Waals surface area contributed by atoms with Crippen molar-refractivity contribution in [3.8, 4) is 0 Å². The van der Waals surface area contributed by atoms with Gasteiger partial charge in [0.25, 0.3) is 0 Å². The van der Waals surface area contributed by atoms with Crippen molar-refractivity contribution >= 4 is 11.6 Å². The molecule has 4 N–H and O–H groups in total. The Bertz CT molecular complexity index is 343. The van der Waals surface area contributed by atoms with E-state index in [1.165, 1.54) is 0 Å². The van der Waals surface area contributed by atoms with Crippen LogP contribution in [0, 0.1) is 0 Å². The minimum atomic E-state index is 0.359. The highest BCUT2D eigenvalue weighted by molar-refractivity contribution is 5.47. The van der Waals surface area contributed by atoms with Gasteiger partial charge in [0.1, 0.15) is 17.5 Å². The first-order valence-electron chi connectivity index (χ1n) is 6.31. The van der Waals surface area contributed by atoms with E-state index in [0.29, 0.717) is 11.9 Å². The van der Waals surface area contributed by atoms with Gasteiger partial charge in [0, 0.05) is 18.5 Å². The Labute approximate surface area is 109 Å². The van der Waals surface area contributed by atoms with Crippen molar-refractivity contribution in [2.24, 2.45) is 5.84 Å². The summed E-state index contributed by atoms with van der Waals surface area (Å²) in [6.07, 6.45) is 1.85. The Hall–Kier alpha value is -1.40. The molecule has 0 aliphatic heterocycles. The molecular weight excluding hydrogens is 228 g/mol. The number of nitrogen functional groups attached to an aromatic ring is 1. The number of nitrogens with one attached hydrogen (secondary N) is 2. The van der Waals surface area contributed by atoms with Crippen LogP contribution >= 0.6 is 0 Å². The Balaban J connectivity index is 2.65. The van der Waals surface area contributed by atoms with E-state index in [9.17, 15) is 0 Å². The number of anilines is 2. The summed E-state index contributed by atoms with van der Waals surface area (Å²) in [6, 6.07) is 2.18. The summed E-state index contributed by atoms with van der Waals surface area (Å²) in [6.45, 7) is 5.21. The summed E-state index contributed by atoms with van der Waals surface area (Å²) >= 11 is 0. The van der Waals surface area contributed by atoms with Crippen LogP contribution in [0.3, 0.4) is 0 Å². The third kappa shape index (κ3) is 4.85. The second kappa shape index (κ2) is 7.13. The third-order valence-electron chi connectivity index (χ3n) is 2.64. The number of hydrazine groups is 1. The van der Waals surface area contributed by atoms with Gasteiger partial charge in [0.2, 0.25) is 0 Å². The van der Waals surface area contributed by atoms with Crippen LogP contribution < -0.4 is 16.6 Å². The van der Waals surface area contributed by atoms with E-state index < -0.39 is 0 Å². The largest absolute Gasteiger partial charge is 0.367 e. The minimum Gasteiger partial charge on any atom is -0.367 e. The Morgan fingerprint density at radius 2 is 2.00 bits per heavy atom. The summed E-state index contributed by atoms with van der Waals surface area (Å²) in [4.78, 5) is 10.9. The van der Waals surface area contributed by atoms with E-state index in [0.717, 1.165) is 31.0 Å². The van der Waals surface area contributed by atoms with E-state index in [1.807, 2.05) is 13.0 Å². The smallest absolute Gasteiger partial charge is 0.145 e. The quantitative estimate of drug-likeness (QED) is 0.498. The molecule has 1 aromatic heterocycles. The number of hydrogen-bond donors (Lipinski definition) is 3. The first kappa shape index (κ1) is 14.7. The molecule has 1 rings (SSSR count). The van der Waals surface area contributed by atoms with Gasteiger partial charge < -0.3 is 15.6 Å². The van der Waals surface area contributed by atoms with Gasteiger partial charge in [-0.1, -0.05) is 6.92 Å². The van der Waals surface area contributed by atoms with Crippen LogP contribution in [0.25, 0.3) is 0 Å². The summed E-state index contributed by atoms with van der Waals surface area (Å²) in [5, 5.41) is 3.37. The number of rotatable bonds is 7. The highest BCUT2D eigenvalue weighted by atomic mass is 15.3. The van der Waals surface area contributed by atoms with Gasteiger partial charge in [-0.25, -0.2) is 15.8 Å². The second-order valence-corrected chi connectivity index (χ2v) is 4.69. The third-order valence-corrected chi connectivity index (χ3v) is 2.64. The molecule has 0 aliphatic carbocycles. The Morgan fingerprint density at radius 1 is 1.33 bits per heavy atom. The van der Waals surface area contributed by atoms with E-state index in [4.69, 9.17) is 5.84 Å². The molecule has 18 heavy (non-hydrogen) atoms. The van der Waals surface area contributed by atoms with Crippen LogP contribution in [0.2, 0.25) is 0 Å². The number of nitrogens with zero attached hydrogens (tertiary/aromatic N) is 3. The number of aryl methyl sites for hydroxylation is 1. The van der Waals surface area contributed by atoms with Gasteiger partial charge in [0.05, 0.1) is 0 Å². The highest BCUT2D eigenvalue weighted by Crippen LogP contribution is 2.12. The molecule has 6 nitrogen and oxygen atoms in total. The molecule has 0 saturated carbocycles. The summed E-state index contributed by atoms with van der Waals surface area (Å²) in [7, 11) is 4.14. The van der Waals surface area contributed by atoms with Crippen molar-refractivity contribution < 1.29 is 0 Å². The minimum absolute atomic E-state index is 0.359. The first-order valence-corrected chi connectivity index (χ1v) is 6.31. The standard InChI is InChI=1S/C12H24N6/c1-5-10-15-11(8-12(16-10)17-13)14-9(2)6-7-18(3)4/h8-9H,5-7,13H2,1-4H3,(H2,14,15,16,17). The zero-order chi connectivity index (χ0) is 13.5. The van der Waals surface area contributed by atoms with Gasteiger partial charge in [-0.3, -0.25) is 0 Å². The van der Waals surface area contributed by atoms with Crippen LogP contribution in [0.4, 0.5) is 11.6 Å². The fourth-order valence-electron chi connectivity index (χ4n) is 1.58. The number of aromatic nitrogens is 2. The van der Waals surface area contributed by atoms with Gasteiger partial charge in [-0.15, -0.1) is 0 Å². The van der Waals surface area contributed by atoms with E-state index >= 15 is 0 Å². The van der Waals surface area contributed by atoms with Crippen molar-refractivity contribution in [3.63, 3.8) is 0 Å². The maximum absolute atomic E-state index is 5.40. The molecule has 102 valence electrons. The lowest BCUT2D eigenvalue weighted by molar-refractivity contribution is 0.390. The fourth-order valence-corrected chi connectivity index (χ4v) is 1.58. The van der Waals surface area contributed by atoms with Crippen molar-refractivity contribution in [1.29, 1.82) is 0 Å². The maximum atomic E-state index is 5.40. The average molecular weight is 252 g/mol. The zero-order valence-corrected chi connectivity index (χ0v) is 11.7. The molecule has 0 radical (unpaired) electrons. The zero-order valence-electron chi connectivity index (χ0n) is 11.7. The van der Waals surface area contributed by atoms with Crippen LogP contribution in [0.5, 0.6) is 0 Å². The molecule has 1 atom stereocenters. The maximum Gasteiger partial charge on any atom is 0.145 e. The predicted octanol–water partition coefficient (Wildman–Crippen LogP) is 1.08. The highest BCUT2D eigenvalue weighted by Gasteiger charge is 2.06. The molecule has 1 aromatic rings. The van der Waals surface area contributed by atoms with Gasteiger partial charge in [-0.05, 0) is 34.0 Å². The van der Waals surface area contributed by atoms with Crippen LogP contribution in [0.1, 0.15) is 26.1 Å². The van der Waals surface area contributed by atoms with Crippen LogP contribution in [-0.2, 0) is 6.42 Å². The summed E-state index contributed by atoms with van der Waals surface area (Å²) < 4.78 is 0. The number of nitrogens with two attached hydrogens (primary N) is 1. The lowest BCUT2D eigenvalue weighted by atomic mass is 10.2. The molecular formula is C12H24N6. The topological polar surface area (TPSA) is 79.1 Å². The van der Waals surface area contributed by atoms with Crippen LogP contribution in [0.15, 0.2) is 6.07 Å². The van der Waals surface area contributed by atoms with Crippen LogP contribution in [-0.4, -0.2) is 41.5 Å². The van der Waals surface area contributed by atoms with Gasteiger partial charge in [-0.2, -0.15) is 0 Å². The summed E-state index contributed by atoms with van der Waals surface area (Å²) in [5.74, 6) is 7.64. The molecule has 0 bridgehead atoms. The van der Waals surface area contributed by atoms with Crippen molar-refractivity contribution in [1.82, 2.24) is 14.9 Å². The molecule has 0 aliphatic rings. The Kier molecular flexibility index (Phi) is 5.80. The van der Waals surface area contributed by atoms with Gasteiger partial charge in [0.15, 0.2) is 0 Å².